The number of aliphatic hydroxyl groups is 3. The van der Waals surface area contributed by atoms with Gasteiger partial charge in [0.15, 0.2) is 12.4 Å². The van der Waals surface area contributed by atoms with E-state index in [0.717, 1.165) is 89.9 Å². The predicted molar refractivity (Wildman–Crippen MR) is 295 cm³/mol. The van der Waals surface area contributed by atoms with Crippen molar-refractivity contribution in [2.75, 3.05) is 6.61 Å². The lowest BCUT2D eigenvalue weighted by Crippen LogP contribution is -2.66. The maximum Gasteiger partial charge on any atom is 0.377 e. The highest BCUT2D eigenvalue weighted by Gasteiger charge is 2.52. The summed E-state index contributed by atoms with van der Waals surface area (Å²) in [5.74, 6) is -7.25. The minimum Gasteiger partial charge on any atom is -0.457 e. The van der Waals surface area contributed by atoms with Gasteiger partial charge in [-0.1, -0.05) is 224 Å². The second-order valence-corrected chi connectivity index (χ2v) is 23.4. The van der Waals surface area contributed by atoms with E-state index in [1.165, 1.54) is 64.2 Å². The largest absolute Gasteiger partial charge is 0.457 e. The molecule has 428 valence electrons. The molecule has 1 heterocycles. The van der Waals surface area contributed by atoms with Crippen LogP contribution in [0.3, 0.4) is 0 Å². The third-order valence-electron chi connectivity index (χ3n) is 14.4. The van der Waals surface area contributed by atoms with Crippen LogP contribution in [0.2, 0.25) is 0 Å². The molecule has 1 fully saturated rings. The Labute approximate surface area is 450 Å². The van der Waals surface area contributed by atoms with Crippen molar-refractivity contribution in [2.45, 2.75) is 281 Å². The minimum atomic E-state index is -4.15. The molecule has 2 aromatic rings. The zero-order valence-electron chi connectivity index (χ0n) is 46.2. The molecule has 1 aliphatic heterocycles. The van der Waals surface area contributed by atoms with E-state index in [2.05, 4.69) is 26.1 Å². The Balaban J connectivity index is 1.86. The number of alkyl halides is 2. The minimum absolute atomic E-state index is 0.0921. The van der Waals surface area contributed by atoms with Crippen LogP contribution < -0.4 is 15.9 Å². The van der Waals surface area contributed by atoms with E-state index in [0.29, 0.717) is 25.7 Å². The van der Waals surface area contributed by atoms with Crippen molar-refractivity contribution < 1.29 is 61.8 Å². The molecule has 2 aromatic carbocycles. The quantitative estimate of drug-likeness (QED) is 0.0282. The van der Waals surface area contributed by atoms with E-state index in [1.54, 1.807) is 60.7 Å². The number of hydrogen-bond donors (Lipinski definition) is 4. The van der Waals surface area contributed by atoms with Gasteiger partial charge < -0.3 is 39.4 Å². The molecule has 1 unspecified atom stereocenters. The molecular weight excluding hydrogens is 980 g/mol. The molecule has 15 heteroatoms. The number of carbonyl (C=O) groups is 3. The monoisotopic (exact) mass is 1080 g/mol. The molecule has 0 spiro atoms. The van der Waals surface area contributed by atoms with Gasteiger partial charge in [-0.25, -0.2) is 4.79 Å². The van der Waals surface area contributed by atoms with Gasteiger partial charge in [-0.15, -0.1) is 0 Å². The zero-order valence-corrected chi connectivity index (χ0v) is 47.1. The highest BCUT2D eigenvalue weighted by atomic mass is 31.2. The van der Waals surface area contributed by atoms with Gasteiger partial charge in [0.2, 0.25) is 5.91 Å². The smallest absolute Gasteiger partial charge is 0.377 e. The van der Waals surface area contributed by atoms with E-state index < -0.39 is 93.4 Å². The van der Waals surface area contributed by atoms with Gasteiger partial charge >= 0.3 is 17.9 Å². The standard InChI is InChI=1S/C60H98F2NO11P/c1-4-7-10-13-16-19-22-25-28-37-44-60(61,62)59(69)71-49(39-32-27-24-21-18-15-12-9-6-3)46-54(67)73-57-55(63-53(66)45-48(65)38-31-26-23-20-17-14-11-8-5-2)58(68)72-52(47-64)56(57)74-75(70,50-40-33-29-34-41-50)51-42-35-30-36-43-51/h29-30,33-36,40-43,48-49,52,55-58,64-65,68H,4-28,31-32,37-39,44-47H2,1-3H3,(H,63,66)/t48-,49-,52-,55-,56-,57-,58?/m1/s1. The molecular formula is C60H98F2NO11P. The molecule has 0 bridgehead atoms. The Morgan fingerprint density at radius 2 is 1.05 bits per heavy atom. The first-order valence-electron chi connectivity index (χ1n) is 29.4. The van der Waals surface area contributed by atoms with Crippen LogP contribution in [0.4, 0.5) is 8.78 Å². The number of aliphatic hydroxyl groups excluding tert-OH is 3. The molecule has 75 heavy (non-hydrogen) atoms. The lowest BCUT2D eigenvalue weighted by Gasteiger charge is -2.45. The first kappa shape index (κ1) is 66.0. The van der Waals surface area contributed by atoms with Crippen LogP contribution in [0.25, 0.3) is 0 Å². The van der Waals surface area contributed by atoms with E-state index in [1.807, 2.05) is 0 Å². The summed E-state index contributed by atoms with van der Waals surface area (Å²) in [5, 5.41) is 36.4. The van der Waals surface area contributed by atoms with Gasteiger partial charge in [0.1, 0.15) is 24.4 Å². The summed E-state index contributed by atoms with van der Waals surface area (Å²) in [4.78, 5) is 41.4. The Hall–Kier alpha value is -3.26. The third-order valence-corrected chi connectivity index (χ3v) is 16.9. The van der Waals surface area contributed by atoms with E-state index in [4.69, 9.17) is 18.7 Å². The molecule has 0 saturated carbocycles. The van der Waals surface area contributed by atoms with Crippen molar-refractivity contribution in [3.8, 4) is 0 Å². The first-order chi connectivity index (χ1) is 36.3. The maximum absolute atomic E-state index is 15.5. The number of carbonyl (C=O) groups excluding carboxylic acids is 3. The van der Waals surface area contributed by atoms with Crippen LogP contribution >= 0.6 is 7.37 Å². The van der Waals surface area contributed by atoms with Gasteiger partial charge in [-0.05, 0) is 49.9 Å². The van der Waals surface area contributed by atoms with Crippen LogP contribution in [0.5, 0.6) is 0 Å². The van der Waals surface area contributed by atoms with Crippen LogP contribution in [0, 0.1) is 0 Å². The number of amides is 1. The Bertz CT molecular complexity index is 1800. The highest BCUT2D eigenvalue weighted by Crippen LogP contribution is 2.48. The number of nitrogens with one attached hydrogen (secondary N) is 1. The average Bonchev–Trinajstić information content (AvgIpc) is 3.40. The molecule has 1 saturated heterocycles. The van der Waals surface area contributed by atoms with Gasteiger partial charge in [-0.2, -0.15) is 8.78 Å². The molecule has 1 aliphatic rings. The number of esters is 2. The number of hydrogen-bond acceptors (Lipinski definition) is 11. The number of unbranched alkanes of at least 4 members (excludes halogenated alkanes) is 25. The molecule has 4 N–H and O–H groups in total. The summed E-state index contributed by atoms with van der Waals surface area (Å²) >= 11 is 0. The second kappa shape index (κ2) is 39.2. The number of rotatable bonds is 44. The van der Waals surface area contributed by atoms with Crippen LogP contribution in [0.15, 0.2) is 60.7 Å². The first-order valence-corrected chi connectivity index (χ1v) is 31.0. The van der Waals surface area contributed by atoms with Gasteiger partial charge in [-0.3, -0.25) is 14.2 Å². The van der Waals surface area contributed by atoms with Crippen molar-refractivity contribution >= 4 is 35.8 Å². The number of halogens is 2. The van der Waals surface area contributed by atoms with Crippen molar-refractivity contribution in [2.24, 2.45) is 0 Å². The van der Waals surface area contributed by atoms with Crippen LogP contribution in [-0.4, -0.2) is 88.5 Å². The third kappa shape index (κ3) is 26.3. The van der Waals surface area contributed by atoms with Crippen molar-refractivity contribution in [1.82, 2.24) is 5.32 Å². The van der Waals surface area contributed by atoms with Crippen molar-refractivity contribution in [1.29, 1.82) is 0 Å². The number of ether oxygens (including phenoxy) is 3. The molecule has 0 aliphatic carbocycles. The number of benzene rings is 2. The van der Waals surface area contributed by atoms with Crippen LogP contribution in [-0.2, 0) is 37.7 Å². The predicted octanol–water partition coefficient (Wildman–Crippen LogP) is 13.2. The topological polar surface area (TPSA) is 178 Å². The van der Waals surface area contributed by atoms with E-state index >= 15 is 13.3 Å². The fourth-order valence-corrected chi connectivity index (χ4v) is 12.1. The highest BCUT2D eigenvalue weighted by molar-refractivity contribution is 7.74. The summed E-state index contributed by atoms with van der Waals surface area (Å²) in [5.41, 5.74) is 0. The SMILES string of the molecule is CCCCCCCCCCCCC(F)(F)C(=O)O[C@H](CCCCCCCCCCC)CC(=O)O[C@H]1[C@H](OP(=O)(c2ccccc2)c2ccccc2)[C@@H](CO)OC(O)[C@@H]1NC(=O)C[C@H](O)CCCCCCCCCCC. The summed E-state index contributed by atoms with van der Waals surface area (Å²) in [6.07, 6.45) is 17.7. The van der Waals surface area contributed by atoms with E-state index in [9.17, 15) is 29.7 Å². The Morgan fingerprint density at radius 1 is 0.627 bits per heavy atom. The second-order valence-electron chi connectivity index (χ2n) is 21.0. The molecule has 1 amide bonds. The Morgan fingerprint density at radius 3 is 1.51 bits per heavy atom. The van der Waals surface area contributed by atoms with Crippen molar-refractivity contribution in [3.63, 3.8) is 0 Å². The molecule has 7 atom stereocenters. The van der Waals surface area contributed by atoms with Gasteiger partial charge in [0, 0.05) is 17.0 Å². The fourth-order valence-electron chi connectivity index (χ4n) is 9.88. The molecule has 12 nitrogen and oxygen atoms in total. The summed E-state index contributed by atoms with van der Waals surface area (Å²) in [6, 6.07) is 15.0. The summed E-state index contributed by atoms with van der Waals surface area (Å²) in [6.45, 7) is 5.72. The lowest BCUT2D eigenvalue weighted by molar-refractivity contribution is -0.254. The molecule has 3 rings (SSSR count). The van der Waals surface area contributed by atoms with E-state index in [-0.39, 0.29) is 29.9 Å². The lowest BCUT2D eigenvalue weighted by atomic mass is 9.96. The molecule has 0 aromatic heterocycles. The Kier molecular flexibility index (Phi) is 34.5. The normalized spacial score (nSPS) is 18.9. The van der Waals surface area contributed by atoms with Crippen LogP contribution in [0.1, 0.15) is 233 Å². The molecule has 0 radical (unpaired) electrons. The summed E-state index contributed by atoms with van der Waals surface area (Å²) < 4.78 is 70.5. The zero-order chi connectivity index (χ0) is 54.6. The summed E-state index contributed by atoms with van der Waals surface area (Å²) in [7, 11) is -4.15. The average molecular weight is 1080 g/mol. The maximum atomic E-state index is 15.5. The van der Waals surface area contributed by atoms with Gasteiger partial charge in [0.25, 0.3) is 7.37 Å². The van der Waals surface area contributed by atoms with Crippen molar-refractivity contribution in [3.05, 3.63) is 60.7 Å². The van der Waals surface area contributed by atoms with Gasteiger partial charge in [0.05, 0.1) is 25.6 Å². The fraction of sp³-hybridized carbons (Fsp3) is 0.750.